The van der Waals surface area contributed by atoms with E-state index in [2.05, 4.69) is 28.5 Å². The third kappa shape index (κ3) is 5.39. The van der Waals surface area contributed by atoms with Crippen molar-refractivity contribution in [2.24, 2.45) is 0 Å². The lowest BCUT2D eigenvalue weighted by atomic mass is 10.1. The van der Waals surface area contributed by atoms with Crippen LogP contribution < -0.4 is 5.32 Å². The number of nitrogens with one attached hydrogen (secondary N) is 1. The number of hydrogen-bond donors (Lipinski definition) is 1. The molecule has 1 N–H and O–H groups in total. The molecule has 6 heteroatoms. The molecule has 5 nitrogen and oxygen atoms in total. The van der Waals surface area contributed by atoms with Gasteiger partial charge in [-0.2, -0.15) is 0 Å². The quantitative estimate of drug-likeness (QED) is 0.782. The molecule has 2 rings (SSSR count). The number of nitrogens with zero attached hydrogens (tertiary/aromatic N) is 2. The van der Waals surface area contributed by atoms with Gasteiger partial charge >= 0.3 is 0 Å². The second-order valence-corrected chi connectivity index (χ2v) is 6.72. The molecule has 1 unspecified atom stereocenters. The van der Waals surface area contributed by atoms with Crippen LogP contribution in [-0.2, 0) is 4.79 Å². The molecule has 0 saturated carbocycles. The molecule has 0 radical (unpaired) electrons. The number of carbonyl (C=O) groups excluding carboxylic acids is 1. The van der Waals surface area contributed by atoms with Crippen LogP contribution in [0.2, 0.25) is 0 Å². The first-order valence-electron chi connectivity index (χ1n) is 7.82. The first kappa shape index (κ1) is 17.5. The minimum Gasteiger partial charge on any atom is -0.411 e. The number of aryl methyl sites for hydroxylation is 2. The van der Waals surface area contributed by atoms with Crippen LogP contribution in [0.5, 0.6) is 0 Å². The highest BCUT2D eigenvalue weighted by molar-refractivity contribution is 7.99. The molecule has 1 amide bonds. The van der Waals surface area contributed by atoms with Crippen molar-refractivity contribution in [1.29, 1.82) is 0 Å². The predicted molar refractivity (Wildman–Crippen MR) is 92.4 cm³/mol. The summed E-state index contributed by atoms with van der Waals surface area (Å²) in [5.41, 5.74) is 3.20. The van der Waals surface area contributed by atoms with Gasteiger partial charge in [0.15, 0.2) is 0 Å². The van der Waals surface area contributed by atoms with E-state index >= 15 is 0 Å². The van der Waals surface area contributed by atoms with Crippen LogP contribution in [0, 0.1) is 13.8 Å². The Morgan fingerprint density at radius 3 is 2.61 bits per heavy atom. The van der Waals surface area contributed by atoms with Crippen molar-refractivity contribution in [2.45, 2.75) is 51.8 Å². The number of amides is 1. The maximum Gasteiger partial charge on any atom is 0.277 e. The van der Waals surface area contributed by atoms with E-state index in [0.717, 1.165) is 29.5 Å². The van der Waals surface area contributed by atoms with Crippen LogP contribution in [0.25, 0.3) is 11.5 Å². The zero-order valence-electron chi connectivity index (χ0n) is 14.0. The average molecular weight is 333 g/mol. The molecule has 124 valence electrons. The summed E-state index contributed by atoms with van der Waals surface area (Å²) in [6.45, 7) is 8.18. The second-order valence-electron chi connectivity index (χ2n) is 5.80. The van der Waals surface area contributed by atoms with Gasteiger partial charge in [0, 0.05) is 11.6 Å². The van der Waals surface area contributed by atoms with Gasteiger partial charge in [-0.1, -0.05) is 42.3 Å². The number of thioether (sulfide) groups is 1. The van der Waals surface area contributed by atoms with E-state index in [1.54, 1.807) is 0 Å². The highest BCUT2D eigenvalue weighted by Gasteiger charge is 2.13. The predicted octanol–water partition coefficient (Wildman–Crippen LogP) is 3.75. The summed E-state index contributed by atoms with van der Waals surface area (Å²) < 4.78 is 5.64. The SMILES string of the molecule is CCCC(C)NC(=O)CSc1nnc(-c2cc(C)cc(C)c2)o1. The number of hydrogen-bond acceptors (Lipinski definition) is 5. The van der Waals surface area contributed by atoms with E-state index in [9.17, 15) is 4.79 Å². The summed E-state index contributed by atoms with van der Waals surface area (Å²) >= 11 is 1.26. The van der Waals surface area contributed by atoms with Gasteiger partial charge in [-0.05, 0) is 39.3 Å². The van der Waals surface area contributed by atoms with Crippen molar-refractivity contribution in [3.8, 4) is 11.5 Å². The smallest absolute Gasteiger partial charge is 0.277 e. The molecule has 1 aromatic heterocycles. The van der Waals surface area contributed by atoms with Crippen molar-refractivity contribution in [3.63, 3.8) is 0 Å². The molecule has 0 aliphatic rings. The van der Waals surface area contributed by atoms with Crippen LogP contribution in [0.1, 0.15) is 37.8 Å². The number of carbonyl (C=O) groups is 1. The van der Waals surface area contributed by atoms with Crippen LogP contribution in [0.15, 0.2) is 27.8 Å². The van der Waals surface area contributed by atoms with Gasteiger partial charge in [0.25, 0.3) is 5.22 Å². The van der Waals surface area contributed by atoms with Gasteiger partial charge in [-0.25, -0.2) is 0 Å². The Kier molecular flexibility index (Phi) is 6.21. The number of rotatable bonds is 7. The van der Waals surface area contributed by atoms with Gasteiger partial charge < -0.3 is 9.73 Å². The topological polar surface area (TPSA) is 68.0 Å². The fourth-order valence-electron chi connectivity index (χ4n) is 2.43. The Hall–Kier alpha value is -1.82. The van der Waals surface area contributed by atoms with Gasteiger partial charge in [-0.3, -0.25) is 4.79 Å². The third-order valence-electron chi connectivity index (χ3n) is 3.33. The van der Waals surface area contributed by atoms with Crippen LogP contribution in [0.3, 0.4) is 0 Å². The first-order valence-corrected chi connectivity index (χ1v) is 8.80. The van der Waals surface area contributed by atoms with E-state index in [-0.39, 0.29) is 17.7 Å². The lowest BCUT2D eigenvalue weighted by Crippen LogP contribution is -2.33. The van der Waals surface area contributed by atoms with Crippen molar-refractivity contribution in [2.75, 3.05) is 5.75 Å². The summed E-state index contributed by atoms with van der Waals surface area (Å²) in [7, 11) is 0. The lowest BCUT2D eigenvalue weighted by Gasteiger charge is -2.11. The minimum atomic E-state index is -0.0119. The van der Waals surface area contributed by atoms with Crippen molar-refractivity contribution in [3.05, 3.63) is 29.3 Å². The van der Waals surface area contributed by atoms with Crippen LogP contribution in [-0.4, -0.2) is 27.9 Å². The van der Waals surface area contributed by atoms with Gasteiger partial charge in [0.1, 0.15) is 0 Å². The van der Waals surface area contributed by atoms with Crippen molar-refractivity contribution in [1.82, 2.24) is 15.5 Å². The molecule has 0 bridgehead atoms. The Morgan fingerprint density at radius 2 is 1.96 bits per heavy atom. The van der Waals surface area contributed by atoms with Gasteiger partial charge in [-0.15, -0.1) is 10.2 Å². The molecule has 0 aliphatic carbocycles. The van der Waals surface area contributed by atoms with E-state index in [4.69, 9.17) is 4.42 Å². The summed E-state index contributed by atoms with van der Waals surface area (Å²) in [5.74, 6) is 0.754. The van der Waals surface area contributed by atoms with E-state index in [1.165, 1.54) is 11.8 Å². The number of aromatic nitrogens is 2. The molecule has 0 spiro atoms. The zero-order chi connectivity index (χ0) is 16.8. The fraction of sp³-hybridized carbons (Fsp3) is 0.471. The van der Waals surface area contributed by atoms with Gasteiger partial charge in [0.2, 0.25) is 11.8 Å². The average Bonchev–Trinajstić information content (AvgIpc) is 2.93. The Balaban J connectivity index is 1.93. The summed E-state index contributed by atoms with van der Waals surface area (Å²) in [6.07, 6.45) is 2.03. The largest absolute Gasteiger partial charge is 0.411 e. The van der Waals surface area contributed by atoms with E-state index in [1.807, 2.05) is 32.9 Å². The molecule has 1 heterocycles. The maximum absolute atomic E-state index is 11.8. The molecule has 0 saturated heterocycles. The number of benzene rings is 1. The Bertz CT molecular complexity index is 649. The second kappa shape index (κ2) is 8.15. The van der Waals surface area contributed by atoms with Crippen LogP contribution in [0.4, 0.5) is 0 Å². The maximum atomic E-state index is 11.8. The lowest BCUT2D eigenvalue weighted by molar-refractivity contribution is -0.119. The molecule has 1 aromatic carbocycles. The summed E-state index contributed by atoms with van der Waals surface area (Å²) in [6, 6.07) is 6.31. The molecular formula is C17H23N3O2S. The zero-order valence-corrected chi connectivity index (χ0v) is 14.9. The molecular weight excluding hydrogens is 310 g/mol. The highest BCUT2D eigenvalue weighted by atomic mass is 32.2. The van der Waals surface area contributed by atoms with Crippen molar-refractivity contribution >= 4 is 17.7 Å². The minimum absolute atomic E-state index is 0.0119. The molecule has 23 heavy (non-hydrogen) atoms. The third-order valence-corrected chi connectivity index (χ3v) is 4.15. The van der Waals surface area contributed by atoms with E-state index < -0.39 is 0 Å². The fourth-order valence-corrected chi connectivity index (χ4v) is 3.01. The van der Waals surface area contributed by atoms with E-state index in [0.29, 0.717) is 11.1 Å². The monoisotopic (exact) mass is 333 g/mol. The van der Waals surface area contributed by atoms with Crippen molar-refractivity contribution < 1.29 is 9.21 Å². The standard InChI is InChI=1S/C17H23N3O2S/c1-5-6-13(4)18-15(21)10-23-17-20-19-16(22-17)14-8-11(2)7-12(3)9-14/h7-9,13H,5-6,10H2,1-4H3,(H,18,21). The highest BCUT2D eigenvalue weighted by Crippen LogP contribution is 2.24. The normalized spacial score (nSPS) is 12.2. The van der Waals surface area contributed by atoms with Crippen LogP contribution >= 0.6 is 11.8 Å². The summed E-state index contributed by atoms with van der Waals surface area (Å²) in [5, 5.41) is 11.4. The van der Waals surface area contributed by atoms with Gasteiger partial charge in [0.05, 0.1) is 5.75 Å². The molecule has 1 atom stereocenters. The Labute approximate surface area is 141 Å². The Morgan fingerprint density at radius 1 is 1.26 bits per heavy atom. The molecule has 0 aliphatic heterocycles. The first-order chi connectivity index (χ1) is 11.0. The molecule has 2 aromatic rings. The molecule has 0 fully saturated rings. The summed E-state index contributed by atoms with van der Waals surface area (Å²) in [4.78, 5) is 11.8.